The molecule has 1 aliphatic rings. The molecular formula is C20H36IN5O. The first-order valence-corrected chi connectivity index (χ1v) is 9.96. The van der Waals surface area contributed by atoms with Gasteiger partial charge in [0.05, 0.1) is 24.9 Å². The standard InChI is InChI=1S/C20H35N5O.HI/c1-4-21-20(22-14-15-26-18-11-7-5-6-8-12-18)23-16-17-10-9-13-19(24-17)25(2)3;/h9-10,13,18H,4-8,11-12,14-16H2,1-3H3,(H2,21,22,23);1H. The van der Waals surface area contributed by atoms with E-state index in [0.717, 1.165) is 37.2 Å². The molecule has 2 rings (SSSR count). The third-order valence-corrected chi connectivity index (χ3v) is 4.54. The number of nitrogens with zero attached hydrogens (tertiary/aromatic N) is 3. The number of ether oxygens (including phenoxy) is 1. The van der Waals surface area contributed by atoms with Gasteiger partial charge in [-0.1, -0.05) is 31.7 Å². The van der Waals surface area contributed by atoms with Crippen LogP contribution in [0.5, 0.6) is 0 Å². The van der Waals surface area contributed by atoms with Gasteiger partial charge in [-0.15, -0.1) is 24.0 Å². The summed E-state index contributed by atoms with van der Waals surface area (Å²) in [7, 11) is 3.99. The summed E-state index contributed by atoms with van der Waals surface area (Å²) < 4.78 is 6.03. The van der Waals surface area contributed by atoms with Gasteiger partial charge in [-0.2, -0.15) is 0 Å². The molecule has 1 aliphatic carbocycles. The fraction of sp³-hybridized carbons (Fsp3) is 0.700. The smallest absolute Gasteiger partial charge is 0.191 e. The highest BCUT2D eigenvalue weighted by Gasteiger charge is 2.12. The predicted molar refractivity (Wildman–Crippen MR) is 124 cm³/mol. The summed E-state index contributed by atoms with van der Waals surface area (Å²) in [4.78, 5) is 11.3. The highest BCUT2D eigenvalue weighted by Crippen LogP contribution is 2.19. The van der Waals surface area contributed by atoms with Gasteiger partial charge in [-0.3, -0.25) is 0 Å². The van der Waals surface area contributed by atoms with Gasteiger partial charge in [-0.25, -0.2) is 9.98 Å². The molecule has 1 saturated carbocycles. The topological polar surface area (TPSA) is 61.8 Å². The Labute approximate surface area is 181 Å². The number of nitrogens with one attached hydrogen (secondary N) is 2. The fourth-order valence-electron chi connectivity index (χ4n) is 3.11. The molecule has 0 spiro atoms. The van der Waals surface area contributed by atoms with Crippen LogP contribution in [0.3, 0.4) is 0 Å². The molecule has 1 heterocycles. The van der Waals surface area contributed by atoms with E-state index >= 15 is 0 Å². The SMILES string of the molecule is CCNC(=NCc1cccc(N(C)C)n1)NCCOC1CCCCCC1.I. The van der Waals surface area contributed by atoms with Crippen molar-refractivity contribution in [2.24, 2.45) is 4.99 Å². The van der Waals surface area contributed by atoms with Crippen LogP contribution in [-0.2, 0) is 11.3 Å². The molecule has 0 unspecified atom stereocenters. The van der Waals surface area contributed by atoms with Crippen molar-refractivity contribution >= 4 is 35.8 Å². The van der Waals surface area contributed by atoms with E-state index in [2.05, 4.69) is 27.5 Å². The number of guanidine groups is 1. The van der Waals surface area contributed by atoms with E-state index in [9.17, 15) is 0 Å². The van der Waals surface area contributed by atoms with Crippen LogP contribution < -0.4 is 15.5 Å². The minimum Gasteiger partial charge on any atom is -0.376 e. The zero-order valence-corrected chi connectivity index (χ0v) is 19.4. The van der Waals surface area contributed by atoms with Gasteiger partial charge in [0.25, 0.3) is 0 Å². The second-order valence-corrected chi connectivity index (χ2v) is 6.99. The number of rotatable bonds is 8. The molecule has 0 saturated heterocycles. The number of aliphatic imine (C=N–C) groups is 1. The summed E-state index contributed by atoms with van der Waals surface area (Å²) in [5.41, 5.74) is 0.961. The Morgan fingerprint density at radius 2 is 1.93 bits per heavy atom. The lowest BCUT2D eigenvalue weighted by Crippen LogP contribution is -2.39. The third-order valence-electron chi connectivity index (χ3n) is 4.54. The van der Waals surface area contributed by atoms with Gasteiger partial charge in [-0.05, 0) is 31.9 Å². The first kappa shape index (κ1) is 23.9. The van der Waals surface area contributed by atoms with E-state index in [1.807, 2.05) is 37.2 Å². The van der Waals surface area contributed by atoms with E-state index < -0.39 is 0 Å². The van der Waals surface area contributed by atoms with Crippen LogP contribution in [-0.4, -0.2) is 50.8 Å². The van der Waals surface area contributed by atoms with Crippen molar-refractivity contribution in [3.8, 4) is 0 Å². The van der Waals surface area contributed by atoms with E-state index in [1.54, 1.807) is 0 Å². The summed E-state index contributed by atoms with van der Waals surface area (Å²) in [5, 5.41) is 6.64. The summed E-state index contributed by atoms with van der Waals surface area (Å²) >= 11 is 0. The zero-order chi connectivity index (χ0) is 18.6. The maximum Gasteiger partial charge on any atom is 0.191 e. The molecule has 27 heavy (non-hydrogen) atoms. The molecule has 0 atom stereocenters. The Morgan fingerprint density at radius 3 is 2.59 bits per heavy atom. The second kappa shape index (κ2) is 14.0. The van der Waals surface area contributed by atoms with E-state index in [-0.39, 0.29) is 24.0 Å². The third kappa shape index (κ3) is 9.60. The molecule has 0 amide bonds. The van der Waals surface area contributed by atoms with Crippen LogP contribution in [0.15, 0.2) is 23.2 Å². The van der Waals surface area contributed by atoms with E-state index in [0.29, 0.717) is 12.6 Å². The average molecular weight is 489 g/mol. The van der Waals surface area contributed by atoms with Crippen LogP contribution in [0.1, 0.15) is 51.1 Å². The lowest BCUT2D eigenvalue weighted by Gasteiger charge is -2.17. The summed E-state index contributed by atoms with van der Waals surface area (Å²) in [6.45, 7) is 4.96. The van der Waals surface area contributed by atoms with E-state index in [1.165, 1.54) is 38.5 Å². The van der Waals surface area contributed by atoms with Gasteiger partial charge in [0.15, 0.2) is 5.96 Å². The predicted octanol–water partition coefficient (Wildman–Crippen LogP) is 3.56. The van der Waals surface area contributed by atoms with Gasteiger partial charge in [0.1, 0.15) is 5.82 Å². The number of anilines is 1. The summed E-state index contributed by atoms with van der Waals surface area (Å²) in [6.07, 6.45) is 8.19. The number of pyridine rings is 1. The maximum absolute atomic E-state index is 6.03. The van der Waals surface area contributed by atoms with Crippen LogP contribution in [0.4, 0.5) is 5.82 Å². The van der Waals surface area contributed by atoms with Crippen molar-refractivity contribution in [3.63, 3.8) is 0 Å². The molecule has 1 aromatic rings. The number of hydrogen-bond acceptors (Lipinski definition) is 4. The molecule has 1 fully saturated rings. The second-order valence-electron chi connectivity index (χ2n) is 6.99. The number of hydrogen-bond donors (Lipinski definition) is 2. The van der Waals surface area contributed by atoms with Crippen molar-refractivity contribution in [1.29, 1.82) is 0 Å². The molecule has 0 radical (unpaired) electrons. The van der Waals surface area contributed by atoms with Crippen molar-refractivity contribution in [1.82, 2.24) is 15.6 Å². The average Bonchev–Trinajstić information content (AvgIpc) is 2.92. The van der Waals surface area contributed by atoms with Gasteiger partial charge < -0.3 is 20.3 Å². The van der Waals surface area contributed by atoms with Crippen LogP contribution in [0, 0.1) is 0 Å². The molecule has 0 bridgehead atoms. The largest absolute Gasteiger partial charge is 0.376 e. The van der Waals surface area contributed by atoms with Crippen molar-refractivity contribution in [2.75, 3.05) is 38.7 Å². The lowest BCUT2D eigenvalue weighted by atomic mass is 10.1. The molecule has 1 aromatic heterocycles. The Balaban J connectivity index is 0.00000364. The van der Waals surface area contributed by atoms with E-state index in [4.69, 9.17) is 4.74 Å². The normalized spacial score (nSPS) is 15.6. The molecule has 0 aliphatic heterocycles. The first-order valence-electron chi connectivity index (χ1n) is 9.96. The van der Waals surface area contributed by atoms with Gasteiger partial charge in [0.2, 0.25) is 0 Å². The van der Waals surface area contributed by atoms with Crippen LogP contribution in [0.25, 0.3) is 0 Å². The van der Waals surface area contributed by atoms with Crippen molar-refractivity contribution in [2.45, 2.75) is 58.1 Å². The maximum atomic E-state index is 6.03. The highest BCUT2D eigenvalue weighted by molar-refractivity contribution is 14.0. The van der Waals surface area contributed by atoms with Crippen LogP contribution in [0.2, 0.25) is 0 Å². The Bertz CT molecular complexity index is 545. The summed E-state index contributed by atoms with van der Waals surface area (Å²) in [5.74, 6) is 1.77. The number of halogens is 1. The molecule has 154 valence electrons. The first-order chi connectivity index (χ1) is 12.7. The monoisotopic (exact) mass is 489 g/mol. The van der Waals surface area contributed by atoms with Crippen LogP contribution >= 0.6 is 24.0 Å². The molecule has 2 N–H and O–H groups in total. The van der Waals surface area contributed by atoms with Crippen molar-refractivity contribution < 1.29 is 4.74 Å². The highest BCUT2D eigenvalue weighted by atomic mass is 127. The lowest BCUT2D eigenvalue weighted by molar-refractivity contribution is 0.0468. The summed E-state index contributed by atoms with van der Waals surface area (Å²) in [6, 6.07) is 6.03. The number of aromatic nitrogens is 1. The minimum atomic E-state index is 0. The Hall–Kier alpha value is -1.09. The fourth-order valence-corrected chi connectivity index (χ4v) is 3.11. The Kier molecular flexibility index (Phi) is 12.4. The Morgan fingerprint density at radius 1 is 1.19 bits per heavy atom. The molecule has 7 heteroatoms. The molecular weight excluding hydrogens is 453 g/mol. The molecule has 0 aromatic carbocycles. The van der Waals surface area contributed by atoms with Gasteiger partial charge in [0, 0.05) is 27.2 Å². The molecule has 6 nitrogen and oxygen atoms in total. The zero-order valence-electron chi connectivity index (χ0n) is 17.0. The minimum absolute atomic E-state index is 0. The van der Waals surface area contributed by atoms with Crippen molar-refractivity contribution in [3.05, 3.63) is 23.9 Å². The van der Waals surface area contributed by atoms with Gasteiger partial charge >= 0.3 is 0 Å². The quantitative estimate of drug-likeness (QED) is 0.192.